The van der Waals surface area contributed by atoms with Crippen LogP contribution in [-0.4, -0.2) is 20.7 Å². The van der Waals surface area contributed by atoms with Crippen LogP contribution in [0.15, 0.2) is 43.2 Å². The lowest BCUT2D eigenvalue weighted by atomic mass is 10.3. The molecule has 0 spiro atoms. The standard InChI is InChI=1S/C11H8FN3O2/c1-2-10(16)17-11-14-13-7-15(11)9-6-4-3-5-8(9)12/h2-7H,1H2. The molecule has 5 nitrogen and oxygen atoms in total. The van der Waals surface area contributed by atoms with Crippen LogP contribution in [0.2, 0.25) is 0 Å². The summed E-state index contributed by atoms with van der Waals surface area (Å²) in [5.41, 5.74) is 0.198. The van der Waals surface area contributed by atoms with Crippen molar-refractivity contribution >= 4 is 5.97 Å². The molecule has 0 fully saturated rings. The van der Waals surface area contributed by atoms with Gasteiger partial charge in [0, 0.05) is 6.08 Å². The molecule has 1 aromatic carbocycles. The van der Waals surface area contributed by atoms with Gasteiger partial charge >= 0.3 is 12.0 Å². The Morgan fingerprint density at radius 3 is 2.94 bits per heavy atom. The summed E-state index contributed by atoms with van der Waals surface area (Å²) < 4.78 is 19.6. The van der Waals surface area contributed by atoms with Gasteiger partial charge in [0.2, 0.25) is 0 Å². The summed E-state index contributed by atoms with van der Waals surface area (Å²) in [5.74, 6) is -1.15. The van der Waals surface area contributed by atoms with E-state index in [0.717, 1.165) is 6.08 Å². The van der Waals surface area contributed by atoms with Gasteiger partial charge in [-0.25, -0.2) is 13.8 Å². The minimum absolute atomic E-state index is 0.111. The summed E-state index contributed by atoms with van der Waals surface area (Å²) in [7, 11) is 0. The molecule has 0 aliphatic heterocycles. The highest BCUT2D eigenvalue weighted by atomic mass is 19.1. The average molecular weight is 233 g/mol. The van der Waals surface area contributed by atoms with E-state index in [0.29, 0.717) is 0 Å². The first kappa shape index (κ1) is 11.0. The Kier molecular flexibility index (Phi) is 2.95. The lowest BCUT2D eigenvalue weighted by Gasteiger charge is -2.05. The monoisotopic (exact) mass is 233 g/mol. The topological polar surface area (TPSA) is 57.0 Å². The fourth-order valence-electron chi connectivity index (χ4n) is 1.24. The summed E-state index contributed by atoms with van der Waals surface area (Å²) in [6.45, 7) is 3.26. The lowest BCUT2D eigenvalue weighted by Crippen LogP contribution is -2.08. The fourth-order valence-corrected chi connectivity index (χ4v) is 1.24. The van der Waals surface area contributed by atoms with E-state index in [2.05, 4.69) is 16.8 Å². The molecule has 2 aromatic rings. The van der Waals surface area contributed by atoms with Gasteiger partial charge in [0.05, 0.1) is 5.69 Å². The van der Waals surface area contributed by atoms with E-state index in [1.807, 2.05) is 0 Å². The van der Waals surface area contributed by atoms with Gasteiger partial charge in [-0.3, -0.25) is 0 Å². The van der Waals surface area contributed by atoms with Gasteiger partial charge in [-0.15, -0.1) is 5.10 Å². The van der Waals surface area contributed by atoms with Gasteiger partial charge in [0.15, 0.2) is 0 Å². The van der Waals surface area contributed by atoms with Gasteiger partial charge in [-0.05, 0) is 12.1 Å². The Balaban J connectivity index is 2.40. The van der Waals surface area contributed by atoms with E-state index in [9.17, 15) is 9.18 Å². The number of hydrogen-bond donors (Lipinski definition) is 0. The second-order valence-electron chi connectivity index (χ2n) is 3.06. The van der Waals surface area contributed by atoms with E-state index in [1.165, 1.54) is 23.0 Å². The molecule has 86 valence electrons. The van der Waals surface area contributed by atoms with Crippen molar-refractivity contribution in [2.75, 3.05) is 0 Å². The second kappa shape index (κ2) is 4.56. The molecule has 17 heavy (non-hydrogen) atoms. The summed E-state index contributed by atoms with van der Waals surface area (Å²) in [5, 5.41) is 7.14. The predicted octanol–water partition coefficient (Wildman–Crippen LogP) is 1.50. The number of benzene rings is 1. The van der Waals surface area contributed by atoms with Crippen molar-refractivity contribution in [2.24, 2.45) is 0 Å². The van der Waals surface area contributed by atoms with Crippen LogP contribution in [0.25, 0.3) is 5.69 Å². The SMILES string of the molecule is C=CC(=O)Oc1nncn1-c1ccccc1F. The lowest BCUT2D eigenvalue weighted by molar-refractivity contribution is -0.129. The third-order valence-corrected chi connectivity index (χ3v) is 1.99. The van der Waals surface area contributed by atoms with Crippen molar-refractivity contribution < 1.29 is 13.9 Å². The van der Waals surface area contributed by atoms with Crippen LogP contribution in [0, 0.1) is 5.82 Å². The predicted molar refractivity (Wildman–Crippen MR) is 57.1 cm³/mol. The number of carbonyl (C=O) groups is 1. The zero-order valence-electron chi connectivity index (χ0n) is 8.71. The van der Waals surface area contributed by atoms with Crippen LogP contribution in [0.5, 0.6) is 6.01 Å². The van der Waals surface area contributed by atoms with E-state index in [-0.39, 0.29) is 11.7 Å². The van der Waals surface area contributed by atoms with Crippen molar-refractivity contribution in [2.45, 2.75) is 0 Å². The van der Waals surface area contributed by atoms with E-state index in [1.54, 1.807) is 12.1 Å². The number of hydrogen-bond acceptors (Lipinski definition) is 4. The molecule has 0 atom stereocenters. The highest BCUT2D eigenvalue weighted by Crippen LogP contribution is 2.17. The summed E-state index contributed by atoms with van der Waals surface area (Å²) in [4.78, 5) is 11.0. The highest BCUT2D eigenvalue weighted by molar-refractivity contribution is 5.82. The third kappa shape index (κ3) is 2.20. The molecule has 2 rings (SSSR count). The van der Waals surface area contributed by atoms with Crippen LogP contribution in [0.3, 0.4) is 0 Å². The zero-order chi connectivity index (χ0) is 12.3. The first-order chi connectivity index (χ1) is 8.22. The average Bonchev–Trinajstić information content (AvgIpc) is 2.77. The van der Waals surface area contributed by atoms with Gasteiger partial charge in [-0.2, -0.15) is 0 Å². The van der Waals surface area contributed by atoms with Crippen molar-refractivity contribution in [3.63, 3.8) is 0 Å². The summed E-state index contributed by atoms with van der Waals surface area (Å²) in [6, 6.07) is 5.90. The molecular weight excluding hydrogens is 225 g/mol. The fraction of sp³-hybridized carbons (Fsp3) is 0. The Labute approximate surface area is 96.2 Å². The maximum absolute atomic E-state index is 13.5. The quantitative estimate of drug-likeness (QED) is 0.595. The number of carbonyl (C=O) groups excluding carboxylic acids is 1. The van der Waals surface area contributed by atoms with Crippen molar-refractivity contribution in [1.29, 1.82) is 0 Å². The Morgan fingerprint density at radius 1 is 1.47 bits per heavy atom. The smallest absolute Gasteiger partial charge is 0.337 e. The molecule has 0 radical (unpaired) electrons. The van der Waals surface area contributed by atoms with Crippen LogP contribution in [0.1, 0.15) is 0 Å². The molecule has 0 bridgehead atoms. The minimum atomic E-state index is -0.685. The molecule has 1 aromatic heterocycles. The Bertz CT molecular complexity index is 565. The molecule has 1 heterocycles. The van der Waals surface area contributed by atoms with Crippen LogP contribution in [0.4, 0.5) is 4.39 Å². The van der Waals surface area contributed by atoms with E-state index >= 15 is 0 Å². The minimum Gasteiger partial charge on any atom is -0.387 e. The number of esters is 1. The van der Waals surface area contributed by atoms with Crippen LogP contribution < -0.4 is 4.74 Å². The Hall–Kier alpha value is -2.50. The number of para-hydroxylation sites is 1. The van der Waals surface area contributed by atoms with Crippen molar-refractivity contribution in [3.8, 4) is 11.7 Å². The highest BCUT2D eigenvalue weighted by Gasteiger charge is 2.13. The van der Waals surface area contributed by atoms with E-state index in [4.69, 9.17) is 4.74 Å². The molecule has 0 N–H and O–H groups in total. The molecule has 0 amide bonds. The largest absolute Gasteiger partial charge is 0.387 e. The molecule has 0 unspecified atom stereocenters. The molecule has 0 aliphatic rings. The van der Waals surface area contributed by atoms with Gasteiger partial charge in [-0.1, -0.05) is 23.8 Å². The molecule has 6 heteroatoms. The van der Waals surface area contributed by atoms with Crippen molar-refractivity contribution in [3.05, 3.63) is 49.1 Å². The van der Waals surface area contributed by atoms with Gasteiger partial charge in [0.1, 0.15) is 12.1 Å². The first-order valence-electron chi connectivity index (χ1n) is 4.71. The molecular formula is C11H8FN3O2. The number of nitrogens with zero attached hydrogens (tertiary/aromatic N) is 3. The van der Waals surface area contributed by atoms with Gasteiger partial charge in [0.25, 0.3) is 0 Å². The third-order valence-electron chi connectivity index (χ3n) is 1.99. The summed E-state index contributed by atoms with van der Waals surface area (Å²) >= 11 is 0. The van der Waals surface area contributed by atoms with Crippen LogP contribution in [-0.2, 0) is 4.79 Å². The van der Waals surface area contributed by atoms with Crippen LogP contribution >= 0.6 is 0 Å². The summed E-state index contributed by atoms with van der Waals surface area (Å²) in [6.07, 6.45) is 2.24. The van der Waals surface area contributed by atoms with Gasteiger partial charge < -0.3 is 4.74 Å². The molecule has 0 aliphatic carbocycles. The maximum atomic E-state index is 13.5. The van der Waals surface area contributed by atoms with Crippen molar-refractivity contribution in [1.82, 2.24) is 14.8 Å². The zero-order valence-corrected chi connectivity index (χ0v) is 8.71. The van der Waals surface area contributed by atoms with E-state index < -0.39 is 11.8 Å². The number of ether oxygens (including phenoxy) is 1. The second-order valence-corrected chi connectivity index (χ2v) is 3.06. The number of halogens is 1. The number of rotatable bonds is 3. The first-order valence-corrected chi connectivity index (χ1v) is 4.71. The maximum Gasteiger partial charge on any atom is 0.337 e. The number of aromatic nitrogens is 3. The normalized spacial score (nSPS) is 9.94. The Morgan fingerprint density at radius 2 is 2.24 bits per heavy atom. The molecule has 0 saturated carbocycles. The molecule has 0 saturated heterocycles.